The van der Waals surface area contributed by atoms with Crippen LogP contribution in [0.3, 0.4) is 0 Å². The molecule has 0 aliphatic carbocycles. The van der Waals surface area contributed by atoms with Crippen molar-refractivity contribution in [1.82, 2.24) is 9.88 Å². The third-order valence-corrected chi connectivity index (χ3v) is 21.5. The van der Waals surface area contributed by atoms with Gasteiger partial charge in [0.05, 0.1) is 67.0 Å². The molecule has 50 heteroatoms. The van der Waals surface area contributed by atoms with Gasteiger partial charge in [-0.3, -0.25) is 4.90 Å². The lowest BCUT2D eigenvalue weighted by Crippen LogP contribution is -2.63. The number of carbonyl (C=O) groups is 11. The highest BCUT2D eigenvalue weighted by Crippen LogP contribution is 2.49. The first-order chi connectivity index (χ1) is 70.0. The molecule has 26 N–H and O–H groups in total. The lowest BCUT2D eigenvalue weighted by atomic mass is 9.97. The van der Waals surface area contributed by atoms with E-state index in [2.05, 4.69) is 47.1 Å². The molecule has 0 saturated carbocycles. The van der Waals surface area contributed by atoms with E-state index in [0.717, 1.165) is 42.5 Å². The zero-order valence-electron chi connectivity index (χ0n) is 75.0. The molecule has 1 aromatic heterocycles. The number of pyridine rings is 1. The van der Waals surface area contributed by atoms with Gasteiger partial charge in [0, 0.05) is 18.2 Å². The summed E-state index contributed by atoms with van der Waals surface area (Å²) >= 11 is 0. The van der Waals surface area contributed by atoms with Gasteiger partial charge in [-0.15, -0.1) is 0 Å². The fourth-order valence-electron chi connectivity index (χ4n) is 14.0. The molecule has 5 atom stereocenters. The summed E-state index contributed by atoms with van der Waals surface area (Å²) in [5.74, 6) is -56.9. The van der Waals surface area contributed by atoms with Crippen LogP contribution in [0.25, 0.3) is 11.6 Å². The van der Waals surface area contributed by atoms with Crippen molar-refractivity contribution in [3.63, 3.8) is 0 Å². The Balaban J connectivity index is 0.000000606. The van der Waals surface area contributed by atoms with E-state index in [1.165, 1.54) is 24.5 Å². The Labute approximate surface area is 824 Å². The van der Waals surface area contributed by atoms with E-state index in [-0.39, 0.29) is 0 Å². The fraction of sp³-hybridized carbons (Fsp3) is 0.122. The van der Waals surface area contributed by atoms with Gasteiger partial charge in [-0.2, -0.15) is 0 Å². The van der Waals surface area contributed by atoms with Gasteiger partial charge in [0.15, 0.2) is 156 Å². The molecule has 0 amide bonds. The van der Waals surface area contributed by atoms with Crippen LogP contribution in [-0.4, -0.2) is 265 Å². The third-order valence-electron chi connectivity index (χ3n) is 21.5. The highest BCUT2D eigenvalue weighted by molar-refractivity contribution is 6.01. The number of likely N-dealkylation sites (tertiary alicyclic amines) is 1. The lowest BCUT2D eigenvalue weighted by Gasteiger charge is -2.43. The minimum atomic E-state index is -3.12. The fourth-order valence-corrected chi connectivity index (χ4v) is 14.0. The molecular weight excluding hydrogens is 1970 g/mol. The monoisotopic (exact) mass is 2050 g/mol. The van der Waals surface area contributed by atoms with Crippen LogP contribution in [0.15, 0.2) is 176 Å². The maximum Gasteiger partial charge on any atom is 0.343 e. The second kappa shape index (κ2) is 43.5. The standard InChI is InChI=1S/C76H52O46.C22H24N2O2/c77-32-1-22(2-33(78)53(32)92)67(103)113-47-16-27(11-42(87)58(47)97)66(102)112-21-52-63(119-72(108)28-12-43(88)59(98)48(17-28)114-68(104)23-3-34(79)54(93)35(80)4-23)64(120-73(109)29-13-44(89)60(99)49(18-29)115-69(105)24-5-36(81)55(94)37(82)6-24)65(121-74(110)30-14-45(90)61(100)50(19-30)116-70(106)25-7-38(83)56(95)39(84)8-25)76(118-52)122-75(111)31-15-46(91)62(101)51(20-31)117-71(107)26-9-40(85)57(96)41(86)10-26;1-17-7-9-18(10-8-17)20(13-16-24-14-2-3-15-24)21-6-4-5-19(23-21)11-12-22(25)26/h1-20,52,63-65,76-101H,21H2;4-13H,2-3,14-16H2,1H3,(H,25,26)/b;12-11+,20-13-/t52-,63-,64+,65-,76+;/m1./s1. The zero-order chi connectivity index (χ0) is 108. The first-order valence-corrected chi connectivity index (χ1v) is 42.2. The molecule has 2 aliphatic rings. The van der Waals surface area contributed by atoms with Gasteiger partial charge in [-0.25, -0.2) is 57.7 Å². The Morgan fingerprint density at radius 2 is 0.588 bits per heavy atom. The van der Waals surface area contributed by atoms with Crippen LogP contribution in [0.1, 0.15) is 139 Å². The molecule has 0 unspecified atom stereocenters. The first kappa shape index (κ1) is 104. The quantitative estimate of drug-likeness (QED) is 0.00751. The summed E-state index contributed by atoms with van der Waals surface area (Å²) in [6.07, 6.45) is -7.64. The molecule has 0 radical (unpaired) electrons. The molecule has 2 aliphatic heterocycles. The van der Waals surface area contributed by atoms with Crippen LogP contribution in [0.2, 0.25) is 0 Å². The molecule has 2 fully saturated rings. The van der Waals surface area contributed by atoms with Gasteiger partial charge in [0.25, 0.3) is 0 Å². The van der Waals surface area contributed by atoms with Gasteiger partial charge < -0.3 is 185 Å². The van der Waals surface area contributed by atoms with E-state index >= 15 is 14.4 Å². The molecule has 3 heterocycles. The molecule has 14 rings (SSSR count). The number of phenolic OH excluding ortho intramolecular Hbond substituents is 25. The molecule has 0 spiro atoms. The Bertz CT molecular complexity index is 7350. The number of phenols is 25. The van der Waals surface area contributed by atoms with Crippen LogP contribution in [-0.2, 0) is 33.2 Å². The maximum absolute atomic E-state index is 15.3. The summed E-state index contributed by atoms with van der Waals surface area (Å²) in [5, 5.41) is 270. The highest BCUT2D eigenvalue weighted by Gasteiger charge is 2.55. The number of carbonyl (C=O) groups excluding carboxylic acids is 10. The summed E-state index contributed by atoms with van der Waals surface area (Å²) in [6, 6.07) is 22.7. The summed E-state index contributed by atoms with van der Waals surface area (Å²) in [6.45, 7) is 3.56. The number of esters is 10. The number of hydrogen-bond acceptors (Lipinski definition) is 49. The predicted octanol–water partition coefficient (Wildman–Crippen LogP) is 8.85. The topological polar surface area (TPSA) is 831 Å². The number of ether oxygens (including phenoxy) is 11. The van der Waals surface area contributed by atoms with Gasteiger partial charge in [0.1, 0.15) is 12.7 Å². The summed E-state index contributed by atoms with van der Waals surface area (Å²) in [4.78, 5) is 160. The van der Waals surface area contributed by atoms with Crippen LogP contribution in [0, 0.1) is 6.92 Å². The average Bonchev–Trinajstić information content (AvgIpc) is 0.879. The van der Waals surface area contributed by atoms with E-state index in [9.17, 15) is 166 Å². The third kappa shape index (κ3) is 23.7. The van der Waals surface area contributed by atoms with Crippen LogP contribution in [0.4, 0.5) is 0 Å². The van der Waals surface area contributed by atoms with Crippen LogP contribution >= 0.6 is 0 Å². The summed E-state index contributed by atoms with van der Waals surface area (Å²) in [7, 11) is 0. The molecule has 766 valence electrons. The number of aliphatic carboxylic acids is 1. The number of benzene rings is 11. The van der Waals surface area contributed by atoms with Crippen LogP contribution in [0.5, 0.6) is 172 Å². The molecule has 0 bridgehead atoms. The minimum absolute atomic E-state index is 0.295. The Hall–Kier alpha value is -20.9. The highest BCUT2D eigenvalue weighted by atomic mass is 16.8. The summed E-state index contributed by atoms with van der Waals surface area (Å²) in [5.41, 5.74) is -4.95. The van der Waals surface area contributed by atoms with Crippen molar-refractivity contribution in [3.05, 3.63) is 254 Å². The van der Waals surface area contributed by atoms with Gasteiger partial charge in [-0.05, 0) is 178 Å². The smallest absolute Gasteiger partial charge is 0.343 e. The Morgan fingerprint density at radius 1 is 0.318 bits per heavy atom. The van der Waals surface area contributed by atoms with Crippen LogP contribution < -0.4 is 23.7 Å². The number of nitrogens with zero attached hydrogens (tertiary/aromatic N) is 2. The predicted molar refractivity (Wildman–Crippen MR) is 488 cm³/mol. The van der Waals surface area contributed by atoms with Gasteiger partial charge in [-0.1, -0.05) is 42.0 Å². The van der Waals surface area contributed by atoms with E-state index in [1.54, 1.807) is 0 Å². The Morgan fingerprint density at radius 3 is 0.892 bits per heavy atom. The Kier molecular flexibility index (Phi) is 30.7. The van der Waals surface area contributed by atoms with Gasteiger partial charge in [0.2, 0.25) is 41.1 Å². The molecule has 2 saturated heterocycles. The molecular formula is C98H76N2O48. The van der Waals surface area contributed by atoms with Gasteiger partial charge >= 0.3 is 65.7 Å². The van der Waals surface area contributed by atoms with E-state index < -0.39 is 331 Å². The second-order valence-electron chi connectivity index (χ2n) is 31.7. The maximum atomic E-state index is 15.3. The van der Waals surface area contributed by atoms with Crippen molar-refractivity contribution in [2.24, 2.45) is 0 Å². The molecule has 12 aromatic rings. The molecule has 148 heavy (non-hydrogen) atoms. The number of aryl methyl sites for hydroxylation is 1. The van der Waals surface area contributed by atoms with Crippen molar-refractivity contribution in [3.8, 4) is 172 Å². The van der Waals surface area contributed by atoms with Crippen molar-refractivity contribution < 1.29 is 238 Å². The van der Waals surface area contributed by atoms with Crippen molar-refractivity contribution in [1.29, 1.82) is 0 Å². The normalized spacial score (nSPS) is 14.8. The van der Waals surface area contributed by atoms with Crippen molar-refractivity contribution >= 4 is 77.3 Å². The largest absolute Gasteiger partial charge is 0.504 e. The molecule has 50 nitrogen and oxygen atoms in total. The number of rotatable bonds is 27. The van der Waals surface area contributed by atoms with E-state index in [4.69, 9.17) is 57.2 Å². The first-order valence-electron chi connectivity index (χ1n) is 42.2. The van der Waals surface area contributed by atoms with Crippen molar-refractivity contribution in [2.75, 3.05) is 26.2 Å². The number of aromatic hydroxyl groups is 25. The minimum Gasteiger partial charge on any atom is -0.504 e. The number of hydrogen-bond donors (Lipinski definition) is 26. The number of carboxylic acid groups (broad SMARTS) is 1. The zero-order valence-corrected chi connectivity index (χ0v) is 75.0. The molecule has 11 aromatic carbocycles. The lowest BCUT2D eigenvalue weighted by molar-refractivity contribution is -0.282. The second-order valence-corrected chi connectivity index (χ2v) is 31.7. The average molecular weight is 2050 g/mol. The van der Waals surface area contributed by atoms with E-state index in [0.29, 0.717) is 127 Å². The summed E-state index contributed by atoms with van der Waals surface area (Å²) < 4.78 is 60.4. The number of aromatic nitrogens is 1. The van der Waals surface area contributed by atoms with E-state index in [1.807, 2.05) is 18.2 Å². The number of carboxylic acids is 1. The SMILES string of the molecule is Cc1ccc(/C(=C/CN2CCCC2)c2cccc(/C=C/C(=O)O)n2)cc1.O=C(OC[C@H]1O[C@@H](OC(=O)c2cc(O)c(O)c(OC(=O)c3cc(O)c(O)c(O)c3)c2)[C@H](OC(=O)c2cc(O)c(O)c(OC(=O)c3cc(O)c(O)c(O)c3)c2)[C@@H](OC(=O)c2cc(O)c(O)c(OC(=O)c3cc(O)c(O)c(O)c3)c2)[C@@H]1OC(=O)c1cc(O)c(O)c(OC(=O)c2cc(O)c(O)c(O)c2)c1)c1cc(O)c(O)c(OC(=O)c2cc(O)c(O)c(O)c2)c1. The van der Waals surface area contributed by atoms with Crippen molar-refractivity contribution in [2.45, 2.75) is 50.5 Å².